The van der Waals surface area contributed by atoms with Crippen LogP contribution in [0.4, 0.5) is 20.6 Å². The molecule has 3 aromatic carbocycles. The zero-order chi connectivity index (χ0) is 31.6. The van der Waals surface area contributed by atoms with Crippen LogP contribution < -0.4 is 24.2 Å². The maximum Gasteiger partial charge on any atom is 0.321 e. The van der Waals surface area contributed by atoms with Crippen molar-refractivity contribution in [3.63, 3.8) is 0 Å². The normalized spacial score (nSPS) is 18.4. The van der Waals surface area contributed by atoms with Crippen LogP contribution in [-0.2, 0) is 10.0 Å². The average Bonchev–Trinajstić information content (AvgIpc) is 3.47. The molecule has 0 spiro atoms. The minimum Gasteiger partial charge on any atom is -0.485 e. The minimum absolute atomic E-state index is 0.0108. The van der Waals surface area contributed by atoms with Gasteiger partial charge in [-0.3, -0.25) is 9.52 Å². The number of hydrogen-bond donors (Lipinski definition) is 3. The number of sulfonamides is 1. The largest absolute Gasteiger partial charge is 0.485 e. The average molecular weight is 629 g/mol. The van der Waals surface area contributed by atoms with E-state index in [0.717, 1.165) is 24.3 Å². The van der Waals surface area contributed by atoms with Gasteiger partial charge in [0.05, 0.1) is 35.3 Å². The first-order chi connectivity index (χ1) is 21.0. The van der Waals surface area contributed by atoms with Gasteiger partial charge in [0.2, 0.25) is 6.79 Å². The van der Waals surface area contributed by atoms with Crippen LogP contribution >= 0.6 is 0 Å². The van der Waals surface area contributed by atoms with E-state index in [9.17, 15) is 27.5 Å². The van der Waals surface area contributed by atoms with Crippen LogP contribution in [0.1, 0.15) is 24.2 Å². The van der Waals surface area contributed by atoms with Gasteiger partial charge in [-0.05, 0) is 55.5 Å². The van der Waals surface area contributed by atoms with Crippen molar-refractivity contribution in [3.05, 3.63) is 72.0 Å². The minimum atomic E-state index is -4.20. The number of rotatable bonds is 8. The molecular weight excluding hydrogens is 595 g/mol. The molecule has 3 amide bonds. The lowest BCUT2D eigenvalue weighted by molar-refractivity contribution is 0.0373. The highest BCUT2D eigenvalue weighted by molar-refractivity contribution is 7.92. The van der Waals surface area contributed by atoms with Crippen molar-refractivity contribution in [2.45, 2.75) is 30.9 Å². The molecular formula is C30H33FN4O8S. The van der Waals surface area contributed by atoms with Crippen molar-refractivity contribution < 1.29 is 41.7 Å². The summed E-state index contributed by atoms with van der Waals surface area (Å²) in [5, 5.41) is 12.7. The number of urea groups is 1. The number of carbonyl (C=O) groups excluding carboxylic acids is 2. The molecule has 0 unspecified atom stereocenters. The highest BCUT2D eigenvalue weighted by Gasteiger charge is 2.35. The fourth-order valence-corrected chi connectivity index (χ4v) is 5.97. The van der Waals surface area contributed by atoms with Crippen LogP contribution in [0.15, 0.2) is 65.6 Å². The first-order valence-electron chi connectivity index (χ1n) is 13.9. The number of aliphatic hydroxyl groups is 1. The summed E-state index contributed by atoms with van der Waals surface area (Å²) in [5.41, 5.74) is 0.561. The summed E-state index contributed by atoms with van der Waals surface area (Å²) in [5.74, 6) is -0.345. The second-order valence-corrected chi connectivity index (χ2v) is 12.4. The van der Waals surface area contributed by atoms with Gasteiger partial charge in [0.1, 0.15) is 11.9 Å². The molecule has 3 aromatic rings. The van der Waals surface area contributed by atoms with Crippen LogP contribution in [0.25, 0.3) is 0 Å². The van der Waals surface area contributed by atoms with E-state index in [4.69, 9.17) is 14.2 Å². The van der Waals surface area contributed by atoms with Gasteiger partial charge in [-0.25, -0.2) is 17.6 Å². The van der Waals surface area contributed by atoms with E-state index >= 15 is 0 Å². The van der Waals surface area contributed by atoms with Gasteiger partial charge in [0.25, 0.3) is 15.9 Å². The Bertz CT molecular complexity index is 1650. The van der Waals surface area contributed by atoms with Crippen LogP contribution in [-0.4, -0.2) is 80.9 Å². The van der Waals surface area contributed by atoms with Gasteiger partial charge in [0, 0.05) is 31.3 Å². The lowest BCUT2D eigenvalue weighted by Gasteiger charge is -2.38. The molecule has 0 aromatic heterocycles. The molecule has 0 saturated carbocycles. The number of likely N-dealkylation sites (N-methyl/N-ethyl adjacent to an activating group) is 1. The molecule has 3 N–H and O–H groups in total. The Balaban J connectivity index is 1.44. The number of benzene rings is 3. The number of fused-ring (bicyclic) bond motifs is 2. The predicted octanol–water partition coefficient (Wildman–Crippen LogP) is 3.74. The molecule has 0 radical (unpaired) electrons. The SMILES string of the molecule is C[C@@H]1CN([C@H](C)CO)C(=O)c2cccc(NS(=O)(=O)c3ccc(F)cc3)c2O[C@H]1CN(C)C(=O)Nc1ccc2c(c1)OCO2. The molecule has 5 rings (SSSR count). The number of amides is 3. The second-order valence-electron chi connectivity index (χ2n) is 10.7. The molecule has 2 aliphatic heterocycles. The molecule has 0 fully saturated rings. The topological polar surface area (TPSA) is 147 Å². The number of nitrogens with zero attached hydrogens (tertiary/aromatic N) is 2. The number of nitrogens with one attached hydrogen (secondary N) is 2. The Labute approximate surface area is 254 Å². The fourth-order valence-electron chi connectivity index (χ4n) is 4.91. The number of para-hydroxylation sites is 1. The van der Waals surface area contributed by atoms with Crippen molar-refractivity contribution >= 4 is 33.3 Å². The summed E-state index contributed by atoms with van der Waals surface area (Å²) in [4.78, 5) is 29.6. The summed E-state index contributed by atoms with van der Waals surface area (Å²) in [6, 6.07) is 12.8. The predicted molar refractivity (Wildman–Crippen MR) is 159 cm³/mol. The van der Waals surface area contributed by atoms with E-state index < -0.39 is 39.9 Å². The van der Waals surface area contributed by atoms with Crippen molar-refractivity contribution in [1.82, 2.24) is 9.80 Å². The Morgan fingerprint density at radius 1 is 1.14 bits per heavy atom. The smallest absolute Gasteiger partial charge is 0.321 e. The molecule has 3 atom stereocenters. The third-order valence-electron chi connectivity index (χ3n) is 7.48. The van der Waals surface area contributed by atoms with E-state index in [1.54, 1.807) is 32.2 Å². The molecule has 0 bridgehead atoms. The Morgan fingerprint density at radius 2 is 1.86 bits per heavy atom. The van der Waals surface area contributed by atoms with Crippen LogP contribution in [0.3, 0.4) is 0 Å². The van der Waals surface area contributed by atoms with Crippen molar-refractivity contribution in [3.8, 4) is 17.2 Å². The van der Waals surface area contributed by atoms with Gasteiger partial charge in [-0.2, -0.15) is 0 Å². The Hall–Kier alpha value is -4.56. The second kappa shape index (κ2) is 12.6. The maximum absolute atomic E-state index is 13.7. The van der Waals surface area contributed by atoms with E-state index in [2.05, 4.69) is 10.0 Å². The molecule has 44 heavy (non-hydrogen) atoms. The lowest BCUT2D eigenvalue weighted by Crippen LogP contribution is -2.50. The number of carbonyl (C=O) groups is 2. The summed E-state index contributed by atoms with van der Waals surface area (Å²) >= 11 is 0. The highest BCUT2D eigenvalue weighted by Crippen LogP contribution is 2.37. The van der Waals surface area contributed by atoms with Gasteiger partial charge < -0.3 is 34.4 Å². The van der Waals surface area contributed by atoms with E-state index in [1.165, 1.54) is 28.0 Å². The van der Waals surface area contributed by atoms with E-state index in [1.807, 2.05) is 6.92 Å². The van der Waals surface area contributed by atoms with Crippen molar-refractivity contribution in [2.75, 3.05) is 43.6 Å². The van der Waals surface area contributed by atoms with Gasteiger partial charge in [-0.1, -0.05) is 13.0 Å². The molecule has 0 saturated heterocycles. The molecule has 12 nitrogen and oxygen atoms in total. The zero-order valence-corrected chi connectivity index (χ0v) is 25.1. The third-order valence-corrected chi connectivity index (χ3v) is 8.87. The van der Waals surface area contributed by atoms with Crippen LogP contribution in [0.5, 0.6) is 17.2 Å². The third kappa shape index (κ3) is 6.50. The number of aliphatic hydroxyl groups excluding tert-OH is 1. The monoisotopic (exact) mass is 628 g/mol. The van der Waals surface area contributed by atoms with E-state index in [0.29, 0.717) is 17.2 Å². The number of anilines is 2. The molecule has 0 aliphatic carbocycles. The molecule has 2 aliphatic rings. The quantitative estimate of drug-likeness (QED) is 0.342. The Morgan fingerprint density at radius 3 is 2.59 bits per heavy atom. The summed E-state index contributed by atoms with van der Waals surface area (Å²) in [6.45, 7) is 3.61. The lowest BCUT2D eigenvalue weighted by atomic mass is 9.99. The molecule has 2 heterocycles. The van der Waals surface area contributed by atoms with Crippen LogP contribution in [0, 0.1) is 11.7 Å². The van der Waals surface area contributed by atoms with Gasteiger partial charge in [-0.15, -0.1) is 0 Å². The van der Waals surface area contributed by atoms with Gasteiger partial charge in [0.15, 0.2) is 17.2 Å². The number of halogens is 1. The molecule has 234 valence electrons. The zero-order valence-electron chi connectivity index (χ0n) is 24.3. The fraction of sp³-hybridized carbons (Fsp3) is 0.333. The Kier molecular flexibility index (Phi) is 8.83. The van der Waals surface area contributed by atoms with Crippen molar-refractivity contribution in [2.24, 2.45) is 5.92 Å². The standard InChI is InChI=1S/C30H33FN4O8S/c1-18-14-35(19(2)16-36)29(37)23-5-4-6-24(33-44(39,40)22-10-7-20(31)8-11-22)28(23)43-27(18)15-34(3)30(38)32-21-9-12-25-26(13-21)42-17-41-25/h4-13,18-19,27,33,36H,14-17H2,1-3H3,(H,32,38)/t18-,19-,27+/m1/s1. The van der Waals surface area contributed by atoms with Crippen molar-refractivity contribution in [1.29, 1.82) is 0 Å². The summed E-state index contributed by atoms with van der Waals surface area (Å²) < 4.78 is 59.4. The van der Waals surface area contributed by atoms with Crippen LogP contribution in [0.2, 0.25) is 0 Å². The maximum atomic E-state index is 13.7. The summed E-state index contributed by atoms with van der Waals surface area (Å²) in [7, 11) is -2.61. The first kappa shape index (κ1) is 30.9. The first-order valence-corrected chi connectivity index (χ1v) is 15.4. The van der Waals surface area contributed by atoms with Gasteiger partial charge >= 0.3 is 6.03 Å². The van der Waals surface area contributed by atoms with E-state index in [-0.39, 0.29) is 54.3 Å². The number of ether oxygens (including phenoxy) is 3. The summed E-state index contributed by atoms with van der Waals surface area (Å²) in [6.07, 6.45) is -0.709. The molecule has 14 heteroatoms. The highest BCUT2D eigenvalue weighted by atomic mass is 32.2. The number of hydrogen-bond acceptors (Lipinski definition) is 8.